The molecule has 10 heavy (non-hydrogen) atoms. The highest BCUT2D eigenvalue weighted by Crippen LogP contribution is 2.16. The Morgan fingerprint density at radius 3 is 2.60 bits per heavy atom. The molecule has 0 aliphatic carbocycles. The minimum absolute atomic E-state index is 0.176. The van der Waals surface area contributed by atoms with Crippen molar-refractivity contribution in [1.29, 1.82) is 0 Å². The zero-order chi connectivity index (χ0) is 7.78. The van der Waals surface area contributed by atoms with Crippen molar-refractivity contribution in [1.82, 2.24) is 0 Å². The van der Waals surface area contributed by atoms with Crippen molar-refractivity contribution in [2.24, 2.45) is 4.99 Å². The second-order valence-electron chi connectivity index (χ2n) is 2.82. The number of nitrogens with zero attached hydrogens (tertiary/aromatic N) is 1. The lowest BCUT2D eigenvalue weighted by atomic mass is 10.1. The molecule has 0 radical (unpaired) electrons. The summed E-state index contributed by atoms with van der Waals surface area (Å²) in [6.45, 7) is 4.00. The summed E-state index contributed by atoms with van der Waals surface area (Å²) < 4.78 is 4.78. The molecule has 0 fully saturated rings. The van der Waals surface area contributed by atoms with Crippen molar-refractivity contribution in [2.45, 2.75) is 19.4 Å². The molecule has 0 aromatic carbocycles. The zero-order valence-corrected chi connectivity index (χ0v) is 5.92. The van der Waals surface area contributed by atoms with Crippen LogP contribution in [-0.4, -0.2) is 29.1 Å². The fourth-order valence-corrected chi connectivity index (χ4v) is 0.694. The van der Waals surface area contributed by atoms with E-state index in [1.165, 1.54) is 0 Å². The number of carboxylic acid groups (broad SMARTS) is 1. The second kappa shape index (κ2) is 1.97. The van der Waals surface area contributed by atoms with Crippen LogP contribution < -0.4 is 0 Å². The van der Waals surface area contributed by atoms with E-state index in [4.69, 9.17) is 9.84 Å². The van der Waals surface area contributed by atoms with Crippen LogP contribution in [0.5, 0.6) is 0 Å². The summed E-state index contributed by atoms with van der Waals surface area (Å²) >= 11 is 0. The van der Waals surface area contributed by atoms with Crippen LogP contribution in [-0.2, 0) is 9.53 Å². The molecule has 1 rings (SSSR count). The molecule has 0 spiro atoms. The molecular weight excluding hydrogens is 134 g/mol. The maximum absolute atomic E-state index is 10.2. The molecule has 1 N–H and O–H groups in total. The van der Waals surface area contributed by atoms with Crippen LogP contribution in [0.3, 0.4) is 0 Å². The summed E-state index contributed by atoms with van der Waals surface area (Å²) in [7, 11) is 0. The molecule has 0 bridgehead atoms. The molecule has 0 saturated heterocycles. The van der Waals surface area contributed by atoms with E-state index in [2.05, 4.69) is 4.99 Å². The molecule has 0 saturated carbocycles. The van der Waals surface area contributed by atoms with Gasteiger partial charge in [0.15, 0.2) is 0 Å². The average Bonchev–Trinajstić information content (AvgIpc) is 2.10. The SMILES string of the molecule is CC1(C)COC(C(=O)O)=N1. The number of hydrogen-bond acceptors (Lipinski definition) is 3. The summed E-state index contributed by atoms with van der Waals surface area (Å²) in [6, 6.07) is 0. The van der Waals surface area contributed by atoms with Crippen LogP contribution in [0.25, 0.3) is 0 Å². The fraction of sp³-hybridized carbons (Fsp3) is 0.667. The number of aliphatic imine (C=N–C) groups is 1. The fourth-order valence-electron chi connectivity index (χ4n) is 0.694. The maximum atomic E-state index is 10.2. The predicted molar refractivity (Wildman–Crippen MR) is 35.1 cm³/mol. The van der Waals surface area contributed by atoms with Crippen LogP contribution in [0.15, 0.2) is 4.99 Å². The lowest BCUT2D eigenvalue weighted by Crippen LogP contribution is -2.17. The summed E-state index contributed by atoms with van der Waals surface area (Å²) in [6.07, 6.45) is 0. The van der Waals surface area contributed by atoms with E-state index in [9.17, 15) is 4.79 Å². The van der Waals surface area contributed by atoms with Gasteiger partial charge in [-0.1, -0.05) is 0 Å². The van der Waals surface area contributed by atoms with E-state index in [0.717, 1.165) is 0 Å². The second-order valence-corrected chi connectivity index (χ2v) is 2.82. The van der Waals surface area contributed by atoms with E-state index in [0.29, 0.717) is 6.61 Å². The number of ether oxygens (including phenoxy) is 1. The van der Waals surface area contributed by atoms with Gasteiger partial charge in [0, 0.05) is 0 Å². The monoisotopic (exact) mass is 143 g/mol. The van der Waals surface area contributed by atoms with Crippen LogP contribution in [0.2, 0.25) is 0 Å². The van der Waals surface area contributed by atoms with Crippen LogP contribution in [0.1, 0.15) is 13.8 Å². The van der Waals surface area contributed by atoms with E-state index < -0.39 is 5.97 Å². The number of carbonyl (C=O) groups is 1. The van der Waals surface area contributed by atoms with Crippen molar-refractivity contribution in [3.63, 3.8) is 0 Å². The molecule has 56 valence electrons. The summed E-state index contributed by atoms with van der Waals surface area (Å²) in [4.78, 5) is 14.0. The molecule has 0 amide bonds. The first-order chi connectivity index (χ1) is 4.51. The van der Waals surface area contributed by atoms with Crippen molar-refractivity contribution in [3.8, 4) is 0 Å². The highest BCUT2D eigenvalue weighted by atomic mass is 16.5. The summed E-state index contributed by atoms with van der Waals surface area (Å²) in [5.74, 6) is -1.27. The molecule has 1 heterocycles. The largest absolute Gasteiger partial charge is 0.474 e. The Bertz CT molecular complexity index is 195. The Morgan fingerprint density at radius 1 is 1.80 bits per heavy atom. The van der Waals surface area contributed by atoms with Gasteiger partial charge in [0.2, 0.25) is 0 Å². The van der Waals surface area contributed by atoms with Crippen molar-refractivity contribution in [3.05, 3.63) is 0 Å². The topological polar surface area (TPSA) is 58.9 Å². The van der Waals surface area contributed by atoms with E-state index in [1.807, 2.05) is 13.8 Å². The van der Waals surface area contributed by atoms with Gasteiger partial charge in [-0.25, -0.2) is 9.79 Å². The first-order valence-electron chi connectivity index (χ1n) is 2.97. The molecule has 0 aromatic heterocycles. The molecule has 1 aliphatic heterocycles. The first-order valence-corrected chi connectivity index (χ1v) is 2.97. The highest BCUT2D eigenvalue weighted by Gasteiger charge is 2.29. The molecule has 4 nitrogen and oxygen atoms in total. The third kappa shape index (κ3) is 1.26. The van der Waals surface area contributed by atoms with Crippen molar-refractivity contribution in [2.75, 3.05) is 6.61 Å². The maximum Gasteiger partial charge on any atom is 0.391 e. The van der Waals surface area contributed by atoms with Crippen molar-refractivity contribution < 1.29 is 14.6 Å². The van der Waals surface area contributed by atoms with Crippen LogP contribution in [0, 0.1) is 0 Å². The molecule has 0 unspecified atom stereocenters. The highest BCUT2D eigenvalue weighted by molar-refractivity contribution is 6.32. The van der Waals surface area contributed by atoms with Crippen molar-refractivity contribution >= 4 is 11.9 Å². The van der Waals surface area contributed by atoms with Gasteiger partial charge in [-0.3, -0.25) is 0 Å². The quantitative estimate of drug-likeness (QED) is 0.573. The number of aliphatic carboxylic acids is 1. The summed E-state index contributed by atoms with van der Waals surface area (Å²) in [5, 5.41) is 8.39. The van der Waals surface area contributed by atoms with E-state index >= 15 is 0 Å². The van der Waals surface area contributed by atoms with Gasteiger partial charge in [-0.15, -0.1) is 0 Å². The minimum atomic E-state index is -1.09. The van der Waals surface area contributed by atoms with E-state index in [1.54, 1.807) is 0 Å². The normalized spacial score (nSPS) is 21.6. The zero-order valence-electron chi connectivity index (χ0n) is 5.92. The van der Waals surface area contributed by atoms with E-state index in [-0.39, 0.29) is 11.4 Å². The van der Waals surface area contributed by atoms with Crippen LogP contribution in [0.4, 0.5) is 0 Å². The standard InChI is InChI=1S/C6H9NO3/c1-6(2)3-10-4(7-6)5(8)9/h3H2,1-2H3,(H,8,9). The van der Waals surface area contributed by atoms with Gasteiger partial charge in [-0.05, 0) is 13.8 Å². The van der Waals surface area contributed by atoms with Gasteiger partial charge in [0.05, 0.1) is 5.54 Å². The molecule has 0 aromatic rings. The smallest absolute Gasteiger partial charge is 0.391 e. The third-order valence-electron chi connectivity index (χ3n) is 1.15. The Hall–Kier alpha value is -1.06. The third-order valence-corrected chi connectivity index (χ3v) is 1.15. The molecule has 0 atom stereocenters. The number of carboxylic acids is 1. The lowest BCUT2D eigenvalue weighted by Gasteiger charge is -2.07. The average molecular weight is 143 g/mol. The van der Waals surface area contributed by atoms with Gasteiger partial charge >= 0.3 is 5.97 Å². The predicted octanol–water partition coefficient (Wildman–Crippen LogP) is 0.278. The number of rotatable bonds is 1. The van der Waals surface area contributed by atoms with Gasteiger partial charge in [0.1, 0.15) is 6.61 Å². The van der Waals surface area contributed by atoms with Gasteiger partial charge in [0.25, 0.3) is 5.90 Å². The Labute approximate surface area is 58.5 Å². The Balaban J connectivity index is 2.76. The van der Waals surface area contributed by atoms with Gasteiger partial charge in [-0.2, -0.15) is 0 Å². The Kier molecular flexibility index (Phi) is 1.39. The van der Waals surface area contributed by atoms with Gasteiger partial charge < -0.3 is 9.84 Å². The lowest BCUT2D eigenvalue weighted by molar-refractivity contribution is -0.130. The molecule has 4 heteroatoms. The molecule has 1 aliphatic rings. The number of hydrogen-bond donors (Lipinski definition) is 1. The Morgan fingerprint density at radius 2 is 2.40 bits per heavy atom. The summed E-state index contributed by atoms with van der Waals surface area (Å²) in [5.41, 5.74) is -0.367. The minimum Gasteiger partial charge on any atom is -0.474 e. The first kappa shape index (κ1) is 7.05. The van der Waals surface area contributed by atoms with Crippen LogP contribution >= 0.6 is 0 Å². The molecular formula is C6H9NO3.